The van der Waals surface area contributed by atoms with E-state index in [-0.39, 0.29) is 5.91 Å². The molecule has 6 heteroatoms. The first-order valence-electron chi connectivity index (χ1n) is 9.25. The van der Waals surface area contributed by atoms with Gasteiger partial charge in [-0.15, -0.1) is 0 Å². The van der Waals surface area contributed by atoms with Gasteiger partial charge in [0.2, 0.25) is 0 Å². The Kier molecular flexibility index (Phi) is 6.41. The quantitative estimate of drug-likeness (QED) is 0.864. The molecule has 0 bridgehead atoms. The fourth-order valence-electron chi connectivity index (χ4n) is 3.25. The van der Waals surface area contributed by atoms with Gasteiger partial charge in [-0.1, -0.05) is 31.0 Å². The van der Waals surface area contributed by atoms with E-state index in [0.717, 1.165) is 30.2 Å². The Morgan fingerprint density at radius 1 is 1.15 bits per heavy atom. The molecule has 2 heterocycles. The molecule has 0 radical (unpaired) electrons. The Morgan fingerprint density at radius 2 is 1.92 bits per heavy atom. The second-order valence-electron chi connectivity index (χ2n) is 6.48. The molecular weight excluding hydrogens is 328 g/mol. The molecule has 1 aromatic heterocycles. The highest BCUT2D eigenvalue weighted by atomic mass is 16.5. The van der Waals surface area contributed by atoms with E-state index in [0.29, 0.717) is 18.7 Å². The first-order valence-corrected chi connectivity index (χ1v) is 9.25. The van der Waals surface area contributed by atoms with Crippen LogP contribution in [0.5, 0.6) is 5.75 Å². The largest absolute Gasteiger partial charge is 0.496 e. The van der Waals surface area contributed by atoms with Crippen molar-refractivity contribution in [2.24, 2.45) is 0 Å². The minimum Gasteiger partial charge on any atom is -0.496 e. The Bertz CT molecular complexity index is 727. The summed E-state index contributed by atoms with van der Waals surface area (Å²) in [6.45, 7) is 2.51. The minimum absolute atomic E-state index is 0.168. The van der Waals surface area contributed by atoms with Crippen molar-refractivity contribution in [2.45, 2.75) is 32.1 Å². The molecule has 0 unspecified atom stereocenters. The Hall–Kier alpha value is -2.63. The highest BCUT2D eigenvalue weighted by Gasteiger charge is 2.14. The van der Waals surface area contributed by atoms with Crippen LogP contribution in [0.25, 0.3) is 0 Å². The molecule has 0 saturated carbocycles. The lowest BCUT2D eigenvalue weighted by molar-refractivity contribution is 0.0949. The third-order valence-electron chi connectivity index (χ3n) is 4.69. The first-order chi connectivity index (χ1) is 12.8. The number of ether oxygens (including phenoxy) is 1. The number of anilines is 1. The fraction of sp³-hybridized carbons (Fsp3) is 0.450. The van der Waals surface area contributed by atoms with Crippen molar-refractivity contribution >= 4 is 11.7 Å². The lowest BCUT2D eigenvalue weighted by Crippen LogP contribution is -2.28. The van der Waals surface area contributed by atoms with Crippen LogP contribution in [-0.2, 0) is 6.42 Å². The minimum atomic E-state index is -0.168. The molecule has 3 rings (SSSR count). The van der Waals surface area contributed by atoms with Gasteiger partial charge in [-0.3, -0.25) is 4.79 Å². The number of carbonyl (C=O) groups excluding carboxylic acids is 1. The zero-order chi connectivity index (χ0) is 18.2. The normalized spacial score (nSPS) is 14.6. The molecule has 0 spiro atoms. The van der Waals surface area contributed by atoms with E-state index in [1.54, 1.807) is 13.2 Å². The number of carbonyl (C=O) groups is 1. The van der Waals surface area contributed by atoms with E-state index in [1.165, 1.54) is 32.0 Å². The van der Waals surface area contributed by atoms with E-state index in [2.05, 4.69) is 20.2 Å². The topological polar surface area (TPSA) is 67.3 Å². The van der Waals surface area contributed by atoms with E-state index in [1.807, 2.05) is 24.3 Å². The van der Waals surface area contributed by atoms with Gasteiger partial charge in [-0.2, -0.15) is 0 Å². The zero-order valence-corrected chi connectivity index (χ0v) is 15.3. The van der Waals surface area contributed by atoms with Gasteiger partial charge in [-0.25, -0.2) is 9.97 Å². The predicted octanol–water partition coefficient (Wildman–Crippen LogP) is 2.84. The van der Waals surface area contributed by atoms with Gasteiger partial charge >= 0.3 is 0 Å². The highest BCUT2D eigenvalue weighted by Crippen LogP contribution is 2.18. The molecule has 1 amide bonds. The van der Waals surface area contributed by atoms with Crippen molar-refractivity contribution in [3.63, 3.8) is 0 Å². The number of hydrogen-bond donors (Lipinski definition) is 1. The van der Waals surface area contributed by atoms with Crippen molar-refractivity contribution in [3.8, 4) is 5.75 Å². The number of rotatable bonds is 6. The van der Waals surface area contributed by atoms with Crippen molar-refractivity contribution in [1.29, 1.82) is 0 Å². The van der Waals surface area contributed by atoms with E-state index < -0.39 is 0 Å². The standard InChI is InChI=1S/C20H26N4O2/c1-26-18-9-5-4-8-16(18)10-11-21-20(25)17-14-19(23-15-22-17)24-12-6-2-3-7-13-24/h4-5,8-9,14-15H,2-3,6-7,10-13H2,1H3,(H,21,25). The maximum atomic E-state index is 12.4. The van der Waals surface area contributed by atoms with Crippen LogP contribution in [-0.4, -0.2) is 42.6 Å². The number of benzene rings is 1. The second-order valence-corrected chi connectivity index (χ2v) is 6.48. The summed E-state index contributed by atoms with van der Waals surface area (Å²) in [5.74, 6) is 1.52. The summed E-state index contributed by atoms with van der Waals surface area (Å²) in [6.07, 6.45) is 7.06. The summed E-state index contributed by atoms with van der Waals surface area (Å²) in [5, 5.41) is 2.94. The van der Waals surface area contributed by atoms with E-state index >= 15 is 0 Å². The summed E-state index contributed by atoms with van der Waals surface area (Å²) >= 11 is 0. The molecule has 1 aliphatic heterocycles. The summed E-state index contributed by atoms with van der Waals surface area (Å²) in [6, 6.07) is 9.63. The summed E-state index contributed by atoms with van der Waals surface area (Å²) in [7, 11) is 1.66. The van der Waals surface area contributed by atoms with Gasteiger partial charge in [-0.05, 0) is 30.9 Å². The molecule has 1 aromatic carbocycles. The first kappa shape index (κ1) is 18.2. The van der Waals surface area contributed by atoms with Gasteiger partial charge < -0.3 is 15.0 Å². The van der Waals surface area contributed by atoms with Gasteiger partial charge in [0.25, 0.3) is 5.91 Å². The number of aromatic nitrogens is 2. The average molecular weight is 354 g/mol. The van der Waals surface area contributed by atoms with Crippen molar-refractivity contribution in [2.75, 3.05) is 31.6 Å². The lowest BCUT2D eigenvalue weighted by atomic mass is 10.1. The van der Waals surface area contributed by atoms with Crippen LogP contribution < -0.4 is 15.0 Å². The SMILES string of the molecule is COc1ccccc1CCNC(=O)c1cc(N2CCCCCC2)ncn1. The summed E-state index contributed by atoms with van der Waals surface area (Å²) < 4.78 is 5.34. The van der Waals surface area contributed by atoms with Gasteiger partial charge in [0.05, 0.1) is 7.11 Å². The van der Waals surface area contributed by atoms with Crippen LogP contribution in [0, 0.1) is 0 Å². The van der Waals surface area contributed by atoms with Crippen LogP contribution in [0.15, 0.2) is 36.7 Å². The lowest BCUT2D eigenvalue weighted by Gasteiger charge is -2.21. The highest BCUT2D eigenvalue weighted by molar-refractivity contribution is 5.92. The molecule has 6 nitrogen and oxygen atoms in total. The summed E-state index contributed by atoms with van der Waals surface area (Å²) in [5.41, 5.74) is 1.49. The van der Waals surface area contributed by atoms with Gasteiger partial charge in [0, 0.05) is 25.7 Å². The molecule has 1 fully saturated rings. The molecule has 1 aliphatic rings. The molecule has 1 saturated heterocycles. The van der Waals surface area contributed by atoms with Crippen LogP contribution in [0.2, 0.25) is 0 Å². The molecule has 1 N–H and O–H groups in total. The van der Waals surface area contributed by atoms with Crippen LogP contribution in [0.4, 0.5) is 5.82 Å². The van der Waals surface area contributed by atoms with Crippen molar-refractivity contribution in [1.82, 2.24) is 15.3 Å². The number of methoxy groups -OCH3 is 1. The van der Waals surface area contributed by atoms with E-state index in [9.17, 15) is 4.79 Å². The third-order valence-corrected chi connectivity index (χ3v) is 4.69. The van der Waals surface area contributed by atoms with Crippen molar-refractivity contribution < 1.29 is 9.53 Å². The molecular formula is C20H26N4O2. The van der Waals surface area contributed by atoms with Gasteiger partial charge in [0.15, 0.2) is 0 Å². The predicted molar refractivity (Wildman–Crippen MR) is 102 cm³/mol. The molecule has 0 atom stereocenters. The maximum Gasteiger partial charge on any atom is 0.270 e. The maximum absolute atomic E-state index is 12.4. The molecule has 2 aromatic rings. The van der Waals surface area contributed by atoms with Gasteiger partial charge in [0.1, 0.15) is 23.6 Å². The fourth-order valence-corrected chi connectivity index (χ4v) is 3.25. The number of hydrogen-bond acceptors (Lipinski definition) is 5. The number of amides is 1. The molecule has 138 valence electrons. The Labute approximate surface area is 154 Å². The number of para-hydroxylation sites is 1. The zero-order valence-electron chi connectivity index (χ0n) is 15.3. The smallest absolute Gasteiger partial charge is 0.270 e. The monoisotopic (exact) mass is 354 g/mol. The molecule has 26 heavy (non-hydrogen) atoms. The van der Waals surface area contributed by atoms with Crippen molar-refractivity contribution in [3.05, 3.63) is 47.9 Å². The van der Waals surface area contributed by atoms with Crippen LogP contribution >= 0.6 is 0 Å². The Morgan fingerprint density at radius 3 is 2.69 bits per heavy atom. The number of nitrogens with zero attached hydrogens (tertiary/aromatic N) is 3. The third kappa shape index (κ3) is 4.71. The Balaban J connectivity index is 1.58. The van der Waals surface area contributed by atoms with Crippen LogP contribution in [0.3, 0.4) is 0 Å². The second kappa shape index (κ2) is 9.17. The van der Waals surface area contributed by atoms with E-state index in [4.69, 9.17) is 4.74 Å². The molecule has 0 aliphatic carbocycles. The average Bonchev–Trinajstić information content (AvgIpc) is 2.98. The number of nitrogens with one attached hydrogen (secondary N) is 1. The summed E-state index contributed by atoms with van der Waals surface area (Å²) in [4.78, 5) is 23.2. The van der Waals surface area contributed by atoms with Crippen LogP contribution in [0.1, 0.15) is 41.7 Å².